The van der Waals surface area contributed by atoms with E-state index >= 15 is 0 Å². The van der Waals surface area contributed by atoms with Crippen molar-refractivity contribution >= 4 is 17.8 Å². The zero-order valence-electron chi connectivity index (χ0n) is 13.5. The molecule has 1 aromatic rings. The number of nitrogens with two attached hydrogens (primary N) is 1. The highest BCUT2D eigenvalue weighted by Gasteiger charge is 2.34. The molecule has 2 aliphatic rings. The molecule has 0 bridgehead atoms. The van der Waals surface area contributed by atoms with Crippen LogP contribution in [-0.2, 0) is 0 Å². The Hall–Kier alpha value is -2.38. The fourth-order valence-electron chi connectivity index (χ4n) is 3.29. The summed E-state index contributed by atoms with van der Waals surface area (Å²) in [4.78, 5) is 37.9. The van der Waals surface area contributed by atoms with Gasteiger partial charge in [0.1, 0.15) is 11.5 Å². The SMILES string of the molecule is Cc1nc(N2CCC[C@@H](N3CCN(C)C3=O)C2)cnc1C(N)=O. The van der Waals surface area contributed by atoms with E-state index in [1.54, 1.807) is 18.0 Å². The predicted octanol–water partition coefficient (Wildman–Crippen LogP) is 0.220. The minimum Gasteiger partial charge on any atom is -0.364 e. The van der Waals surface area contributed by atoms with Gasteiger partial charge in [0.25, 0.3) is 5.91 Å². The molecule has 3 heterocycles. The quantitative estimate of drug-likeness (QED) is 0.860. The molecular weight excluding hydrogens is 296 g/mol. The second-order valence-corrected chi connectivity index (χ2v) is 6.17. The molecule has 2 N–H and O–H groups in total. The van der Waals surface area contributed by atoms with E-state index in [9.17, 15) is 9.59 Å². The second kappa shape index (κ2) is 6.02. The maximum atomic E-state index is 12.2. The number of carbonyl (C=O) groups excluding carboxylic acids is 2. The fraction of sp³-hybridized carbons (Fsp3) is 0.600. The minimum absolute atomic E-state index is 0.100. The average molecular weight is 318 g/mol. The molecule has 2 saturated heterocycles. The molecule has 0 saturated carbocycles. The van der Waals surface area contributed by atoms with Crippen LogP contribution in [0.5, 0.6) is 0 Å². The highest BCUT2D eigenvalue weighted by Crippen LogP contribution is 2.23. The van der Waals surface area contributed by atoms with Crippen molar-refractivity contribution < 1.29 is 9.59 Å². The largest absolute Gasteiger partial charge is 0.364 e. The molecule has 2 fully saturated rings. The van der Waals surface area contributed by atoms with Crippen molar-refractivity contribution in [1.82, 2.24) is 19.8 Å². The van der Waals surface area contributed by atoms with Crippen molar-refractivity contribution in [3.63, 3.8) is 0 Å². The van der Waals surface area contributed by atoms with Crippen molar-refractivity contribution in [3.05, 3.63) is 17.6 Å². The molecule has 0 unspecified atom stereocenters. The van der Waals surface area contributed by atoms with E-state index in [-0.39, 0.29) is 17.8 Å². The van der Waals surface area contributed by atoms with Crippen LogP contribution in [0.15, 0.2) is 6.20 Å². The van der Waals surface area contributed by atoms with Crippen LogP contribution < -0.4 is 10.6 Å². The van der Waals surface area contributed by atoms with E-state index < -0.39 is 5.91 Å². The third kappa shape index (κ3) is 2.93. The van der Waals surface area contributed by atoms with Gasteiger partial charge in [-0.2, -0.15) is 0 Å². The summed E-state index contributed by atoms with van der Waals surface area (Å²) in [6, 6.07) is 0.294. The van der Waals surface area contributed by atoms with Gasteiger partial charge in [0.15, 0.2) is 0 Å². The van der Waals surface area contributed by atoms with Crippen LogP contribution in [0.4, 0.5) is 10.6 Å². The Kier molecular flexibility index (Phi) is 4.06. The van der Waals surface area contributed by atoms with Crippen LogP contribution in [-0.4, -0.2) is 71.0 Å². The first kappa shape index (κ1) is 15.5. The van der Waals surface area contributed by atoms with Crippen LogP contribution in [0.3, 0.4) is 0 Å². The van der Waals surface area contributed by atoms with Gasteiger partial charge in [0.05, 0.1) is 17.9 Å². The van der Waals surface area contributed by atoms with E-state index in [1.807, 2.05) is 11.9 Å². The topological polar surface area (TPSA) is 95.7 Å². The molecule has 0 aromatic carbocycles. The Labute approximate surface area is 135 Å². The average Bonchev–Trinajstić information content (AvgIpc) is 2.86. The standard InChI is InChI=1S/C15H22N6O2/c1-10-13(14(16)22)17-8-12(18-10)20-5-3-4-11(9-20)21-7-6-19(2)15(21)23/h8,11H,3-7,9H2,1-2H3,(H2,16,22)/t11-/m1/s1. The van der Waals surface area contributed by atoms with Gasteiger partial charge in [0, 0.05) is 33.2 Å². The van der Waals surface area contributed by atoms with E-state index in [2.05, 4.69) is 14.9 Å². The monoisotopic (exact) mass is 318 g/mol. The molecule has 23 heavy (non-hydrogen) atoms. The first-order valence-electron chi connectivity index (χ1n) is 7.87. The van der Waals surface area contributed by atoms with Crippen molar-refractivity contribution in [2.75, 3.05) is 38.1 Å². The molecule has 8 heteroatoms. The summed E-state index contributed by atoms with van der Waals surface area (Å²) in [5, 5.41) is 0. The van der Waals surface area contributed by atoms with Gasteiger partial charge < -0.3 is 20.4 Å². The van der Waals surface area contributed by atoms with Gasteiger partial charge in [-0.1, -0.05) is 0 Å². The summed E-state index contributed by atoms with van der Waals surface area (Å²) in [5.41, 5.74) is 6.02. The van der Waals surface area contributed by atoms with E-state index in [4.69, 9.17) is 5.73 Å². The number of hydrogen-bond donors (Lipinski definition) is 1. The molecule has 1 aromatic heterocycles. The van der Waals surface area contributed by atoms with Crippen LogP contribution in [0.1, 0.15) is 29.0 Å². The lowest BCUT2D eigenvalue weighted by atomic mass is 10.0. The Balaban J connectivity index is 1.75. The number of likely N-dealkylation sites (N-methyl/N-ethyl adjacent to an activating group) is 1. The van der Waals surface area contributed by atoms with Gasteiger partial charge in [-0.3, -0.25) is 4.79 Å². The zero-order valence-corrected chi connectivity index (χ0v) is 13.5. The lowest BCUT2D eigenvalue weighted by Gasteiger charge is -2.37. The van der Waals surface area contributed by atoms with E-state index in [0.29, 0.717) is 5.69 Å². The Morgan fingerprint density at radius 2 is 2.13 bits per heavy atom. The number of anilines is 1. The van der Waals surface area contributed by atoms with Crippen LogP contribution in [0.25, 0.3) is 0 Å². The van der Waals surface area contributed by atoms with E-state index in [1.165, 1.54) is 0 Å². The lowest BCUT2D eigenvalue weighted by molar-refractivity contribution is 0.0994. The third-order valence-electron chi connectivity index (χ3n) is 4.58. The van der Waals surface area contributed by atoms with Crippen molar-refractivity contribution in [2.24, 2.45) is 5.73 Å². The summed E-state index contributed by atoms with van der Waals surface area (Å²) < 4.78 is 0. The van der Waals surface area contributed by atoms with Crippen LogP contribution >= 0.6 is 0 Å². The van der Waals surface area contributed by atoms with Gasteiger partial charge in [-0.05, 0) is 19.8 Å². The molecule has 124 valence electrons. The number of hydrogen-bond acceptors (Lipinski definition) is 5. The highest BCUT2D eigenvalue weighted by molar-refractivity contribution is 5.91. The molecule has 0 aliphatic carbocycles. The number of aromatic nitrogens is 2. The number of urea groups is 1. The number of primary amides is 1. The normalized spacial score (nSPS) is 21.9. The number of carbonyl (C=O) groups is 2. The van der Waals surface area contributed by atoms with Crippen molar-refractivity contribution in [2.45, 2.75) is 25.8 Å². The molecular formula is C15H22N6O2. The maximum absolute atomic E-state index is 12.2. The first-order chi connectivity index (χ1) is 11.0. The molecule has 3 amide bonds. The second-order valence-electron chi connectivity index (χ2n) is 6.17. The zero-order chi connectivity index (χ0) is 16.6. The molecule has 3 rings (SSSR count). The number of amides is 3. The van der Waals surface area contributed by atoms with Gasteiger partial charge in [0.2, 0.25) is 0 Å². The maximum Gasteiger partial charge on any atom is 0.320 e. The molecule has 2 aliphatic heterocycles. The predicted molar refractivity (Wildman–Crippen MR) is 85.3 cm³/mol. The Morgan fingerprint density at radius 1 is 1.35 bits per heavy atom. The Bertz CT molecular complexity index is 634. The van der Waals surface area contributed by atoms with Crippen molar-refractivity contribution in [3.8, 4) is 0 Å². The number of aryl methyl sites for hydroxylation is 1. The molecule has 8 nitrogen and oxygen atoms in total. The highest BCUT2D eigenvalue weighted by atomic mass is 16.2. The number of nitrogens with zero attached hydrogens (tertiary/aromatic N) is 5. The summed E-state index contributed by atoms with van der Waals surface area (Å²) in [5.74, 6) is 0.168. The van der Waals surface area contributed by atoms with E-state index in [0.717, 1.165) is 44.8 Å². The Morgan fingerprint density at radius 3 is 2.74 bits per heavy atom. The molecule has 1 atom stereocenters. The smallest absolute Gasteiger partial charge is 0.320 e. The summed E-state index contributed by atoms with van der Waals surface area (Å²) in [6.45, 7) is 4.90. The van der Waals surface area contributed by atoms with Gasteiger partial charge in [-0.15, -0.1) is 0 Å². The lowest BCUT2D eigenvalue weighted by Crippen LogP contribution is -2.49. The minimum atomic E-state index is -0.566. The number of rotatable bonds is 3. The van der Waals surface area contributed by atoms with Gasteiger partial charge in [-0.25, -0.2) is 14.8 Å². The van der Waals surface area contributed by atoms with Crippen LogP contribution in [0, 0.1) is 6.92 Å². The van der Waals surface area contributed by atoms with Crippen LogP contribution in [0.2, 0.25) is 0 Å². The van der Waals surface area contributed by atoms with Gasteiger partial charge >= 0.3 is 6.03 Å². The summed E-state index contributed by atoms with van der Waals surface area (Å²) in [6.07, 6.45) is 3.59. The third-order valence-corrected chi connectivity index (χ3v) is 4.58. The fourth-order valence-corrected chi connectivity index (χ4v) is 3.29. The summed E-state index contributed by atoms with van der Waals surface area (Å²) >= 11 is 0. The number of piperidine rings is 1. The molecule has 0 spiro atoms. The first-order valence-corrected chi connectivity index (χ1v) is 7.87. The summed E-state index contributed by atoms with van der Waals surface area (Å²) in [7, 11) is 1.83. The van der Waals surface area contributed by atoms with Crippen molar-refractivity contribution in [1.29, 1.82) is 0 Å². The molecule has 0 radical (unpaired) electrons.